The summed E-state index contributed by atoms with van der Waals surface area (Å²) in [6.07, 6.45) is 3.87. The fourth-order valence-corrected chi connectivity index (χ4v) is 2.80. The molecule has 20 heavy (non-hydrogen) atoms. The van der Waals surface area contributed by atoms with Crippen LogP contribution in [0, 0.1) is 0 Å². The molecule has 3 heterocycles. The van der Waals surface area contributed by atoms with Crippen LogP contribution in [0.25, 0.3) is 0 Å². The summed E-state index contributed by atoms with van der Waals surface area (Å²) in [6, 6.07) is 2.85. The summed E-state index contributed by atoms with van der Waals surface area (Å²) in [5.41, 5.74) is 0.919. The number of piperidine rings is 1. The highest BCUT2D eigenvalue weighted by atomic mass is 16.6. The van der Waals surface area contributed by atoms with Gasteiger partial charge in [0.1, 0.15) is 13.2 Å². The lowest BCUT2D eigenvalue weighted by molar-refractivity contribution is 0.170. The van der Waals surface area contributed by atoms with Crippen molar-refractivity contribution in [1.29, 1.82) is 0 Å². The van der Waals surface area contributed by atoms with Crippen molar-refractivity contribution in [3.8, 4) is 11.5 Å². The van der Waals surface area contributed by atoms with E-state index in [0.29, 0.717) is 31.8 Å². The quantitative estimate of drug-likeness (QED) is 0.828. The predicted octanol–water partition coefficient (Wildman–Crippen LogP) is 0.879. The molecule has 1 saturated heterocycles. The van der Waals surface area contributed by atoms with Crippen LogP contribution in [0.5, 0.6) is 11.5 Å². The maximum absolute atomic E-state index is 6.21. The van der Waals surface area contributed by atoms with E-state index < -0.39 is 0 Å². The number of nitrogens with zero attached hydrogens (tertiary/aromatic N) is 2. The Kier molecular flexibility index (Phi) is 4.12. The van der Waals surface area contributed by atoms with Crippen molar-refractivity contribution in [2.45, 2.75) is 38.4 Å². The van der Waals surface area contributed by atoms with Gasteiger partial charge in [-0.3, -0.25) is 4.98 Å². The summed E-state index contributed by atoms with van der Waals surface area (Å²) in [5, 5.41) is 3.44. The molecule has 0 aromatic carbocycles. The largest absolute Gasteiger partial charge is 0.486 e. The Bertz CT molecular complexity index is 472. The van der Waals surface area contributed by atoms with Gasteiger partial charge < -0.3 is 19.6 Å². The molecule has 2 unspecified atom stereocenters. The first-order chi connectivity index (χ1) is 9.72. The van der Waals surface area contributed by atoms with Crippen LogP contribution in [0.1, 0.15) is 25.5 Å². The van der Waals surface area contributed by atoms with E-state index in [9.17, 15) is 0 Å². The van der Waals surface area contributed by atoms with Crippen LogP contribution in [-0.4, -0.2) is 49.6 Å². The van der Waals surface area contributed by atoms with Crippen LogP contribution in [0.3, 0.4) is 0 Å². The van der Waals surface area contributed by atoms with Gasteiger partial charge in [-0.05, 0) is 26.3 Å². The number of rotatable bonds is 3. The summed E-state index contributed by atoms with van der Waals surface area (Å²) < 4.78 is 11.0. The summed E-state index contributed by atoms with van der Waals surface area (Å²) in [7, 11) is 6.21. The number of hydrogen-bond acceptors (Lipinski definition) is 5. The second kappa shape index (κ2) is 6.02. The average Bonchev–Trinajstić information content (AvgIpc) is 2.47. The molecule has 1 N–H and O–H groups in total. The van der Waals surface area contributed by atoms with E-state index in [1.165, 1.54) is 0 Å². The van der Waals surface area contributed by atoms with E-state index >= 15 is 0 Å². The molecule has 2 aliphatic rings. The van der Waals surface area contributed by atoms with Crippen molar-refractivity contribution in [3.63, 3.8) is 0 Å². The van der Waals surface area contributed by atoms with Crippen molar-refractivity contribution < 1.29 is 9.47 Å². The van der Waals surface area contributed by atoms with Gasteiger partial charge in [-0.1, -0.05) is 0 Å². The standard InChI is InChI=1S/C14H20BN3O2/c1-10-6-12(2-3-16-10)18(15)9-11-7-13-14(8-17-11)20-5-4-19-13/h7-8,10,12,16H,2-6,9H2,1H3. The molecule has 0 aliphatic carbocycles. The van der Waals surface area contributed by atoms with Gasteiger partial charge in [0.05, 0.1) is 11.9 Å². The minimum atomic E-state index is 0.404. The summed E-state index contributed by atoms with van der Waals surface area (Å²) in [5.74, 6) is 1.49. The zero-order valence-electron chi connectivity index (χ0n) is 11.8. The Morgan fingerprint density at radius 2 is 2.20 bits per heavy atom. The number of aromatic nitrogens is 1. The Hall–Kier alpha value is -1.27. The van der Waals surface area contributed by atoms with Crippen molar-refractivity contribution >= 4 is 7.98 Å². The third-order valence-corrected chi connectivity index (χ3v) is 3.90. The molecule has 1 aromatic rings. The Labute approximate surface area is 121 Å². The predicted molar refractivity (Wildman–Crippen MR) is 77.0 cm³/mol. The van der Waals surface area contributed by atoms with Crippen LogP contribution in [0.15, 0.2) is 12.3 Å². The lowest BCUT2D eigenvalue weighted by Crippen LogP contribution is -2.45. The third-order valence-electron chi connectivity index (χ3n) is 3.90. The number of fused-ring (bicyclic) bond motifs is 1. The fourth-order valence-electron chi connectivity index (χ4n) is 2.80. The van der Waals surface area contributed by atoms with Gasteiger partial charge in [0, 0.05) is 24.7 Å². The molecule has 6 heteroatoms. The normalized spacial score (nSPS) is 25.7. The molecular weight excluding hydrogens is 253 g/mol. The van der Waals surface area contributed by atoms with E-state index in [-0.39, 0.29) is 0 Å². The topological polar surface area (TPSA) is 46.6 Å². The molecule has 1 aromatic heterocycles. The fraction of sp³-hybridized carbons (Fsp3) is 0.643. The van der Waals surface area contributed by atoms with Gasteiger partial charge in [0.15, 0.2) is 19.5 Å². The molecule has 0 bridgehead atoms. The summed E-state index contributed by atoms with van der Waals surface area (Å²) in [4.78, 5) is 6.30. The van der Waals surface area contributed by atoms with Crippen molar-refractivity contribution in [3.05, 3.63) is 18.0 Å². The molecular formula is C14H20BN3O2. The van der Waals surface area contributed by atoms with Crippen LogP contribution in [0.2, 0.25) is 0 Å². The van der Waals surface area contributed by atoms with Crippen LogP contribution >= 0.6 is 0 Å². The molecule has 2 radical (unpaired) electrons. The molecule has 0 spiro atoms. The highest BCUT2D eigenvalue weighted by molar-refractivity contribution is 6.04. The smallest absolute Gasteiger partial charge is 0.183 e. The van der Waals surface area contributed by atoms with Gasteiger partial charge in [0.2, 0.25) is 0 Å². The highest BCUT2D eigenvalue weighted by Gasteiger charge is 2.22. The number of pyridine rings is 1. The number of ether oxygens (including phenoxy) is 2. The molecule has 3 rings (SSSR count). The zero-order chi connectivity index (χ0) is 13.9. The van der Waals surface area contributed by atoms with Gasteiger partial charge in [0.25, 0.3) is 0 Å². The lowest BCUT2D eigenvalue weighted by atomic mass is 9.96. The van der Waals surface area contributed by atoms with Gasteiger partial charge >= 0.3 is 0 Å². The zero-order valence-corrected chi connectivity index (χ0v) is 11.8. The van der Waals surface area contributed by atoms with Crippen LogP contribution < -0.4 is 14.8 Å². The average molecular weight is 273 g/mol. The Morgan fingerprint density at radius 3 is 3.00 bits per heavy atom. The molecule has 106 valence electrons. The van der Waals surface area contributed by atoms with E-state index in [1.54, 1.807) is 6.20 Å². The lowest BCUT2D eigenvalue weighted by Gasteiger charge is -2.35. The van der Waals surface area contributed by atoms with E-state index in [4.69, 9.17) is 17.5 Å². The van der Waals surface area contributed by atoms with E-state index in [0.717, 1.165) is 36.6 Å². The number of hydrogen-bond donors (Lipinski definition) is 1. The van der Waals surface area contributed by atoms with Crippen LogP contribution in [-0.2, 0) is 6.54 Å². The molecule has 0 amide bonds. The highest BCUT2D eigenvalue weighted by Crippen LogP contribution is 2.29. The van der Waals surface area contributed by atoms with Crippen molar-refractivity contribution in [2.75, 3.05) is 19.8 Å². The molecule has 5 nitrogen and oxygen atoms in total. The first kappa shape index (κ1) is 13.7. The molecule has 0 saturated carbocycles. The second-order valence-corrected chi connectivity index (χ2v) is 5.53. The maximum atomic E-state index is 6.21. The first-order valence-corrected chi connectivity index (χ1v) is 7.21. The van der Waals surface area contributed by atoms with Crippen molar-refractivity contribution in [1.82, 2.24) is 15.1 Å². The molecule has 2 aliphatic heterocycles. The Morgan fingerprint density at radius 1 is 1.40 bits per heavy atom. The first-order valence-electron chi connectivity index (χ1n) is 7.21. The minimum absolute atomic E-state index is 0.404. The molecule has 1 fully saturated rings. The second-order valence-electron chi connectivity index (χ2n) is 5.53. The Balaban J connectivity index is 1.64. The monoisotopic (exact) mass is 273 g/mol. The summed E-state index contributed by atoms with van der Waals surface area (Å²) >= 11 is 0. The third kappa shape index (κ3) is 3.07. The SMILES string of the molecule is [B]N(Cc1cc2c(cn1)OCCO2)C1CCNC(C)C1. The van der Waals surface area contributed by atoms with Gasteiger partial charge in [-0.15, -0.1) is 0 Å². The summed E-state index contributed by atoms with van der Waals surface area (Å²) in [6.45, 7) is 5.03. The van der Waals surface area contributed by atoms with E-state index in [1.807, 2.05) is 10.9 Å². The van der Waals surface area contributed by atoms with Crippen LogP contribution in [0.4, 0.5) is 0 Å². The van der Waals surface area contributed by atoms with E-state index in [2.05, 4.69) is 17.2 Å². The minimum Gasteiger partial charge on any atom is -0.486 e. The molecule has 2 atom stereocenters. The van der Waals surface area contributed by atoms with Gasteiger partial charge in [-0.2, -0.15) is 0 Å². The number of nitrogens with one attached hydrogen (secondary N) is 1. The van der Waals surface area contributed by atoms with Gasteiger partial charge in [-0.25, -0.2) is 0 Å². The maximum Gasteiger partial charge on any atom is 0.183 e. The van der Waals surface area contributed by atoms with Crippen molar-refractivity contribution in [2.24, 2.45) is 0 Å².